The Hall–Kier alpha value is -0.950. The molecule has 1 heterocycles. The van der Waals surface area contributed by atoms with Gasteiger partial charge in [0, 0.05) is 20.2 Å². The molecule has 1 aromatic rings. The number of benzene rings is 1. The van der Waals surface area contributed by atoms with E-state index in [9.17, 15) is 8.42 Å². The van der Waals surface area contributed by atoms with Gasteiger partial charge in [-0.05, 0) is 24.1 Å². The summed E-state index contributed by atoms with van der Waals surface area (Å²) in [5, 5.41) is 9.04. The van der Waals surface area contributed by atoms with E-state index >= 15 is 0 Å². The zero-order chi connectivity index (χ0) is 13.2. The van der Waals surface area contributed by atoms with E-state index in [1.54, 1.807) is 25.3 Å². The van der Waals surface area contributed by atoms with Crippen LogP contribution in [0, 0.1) is 0 Å². The van der Waals surface area contributed by atoms with Crippen molar-refractivity contribution in [1.82, 2.24) is 4.31 Å². The number of nitrogens with zero attached hydrogens (tertiary/aromatic N) is 1. The highest BCUT2D eigenvalue weighted by Crippen LogP contribution is 2.22. The lowest BCUT2D eigenvalue weighted by Crippen LogP contribution is -2.30. The van der Waals surface area contributed by atoms with Crippen molar-refractivity contribution in [3.05, 3.63) is 29.8 Å². The van der Waals surface area contributed by atoms with Crippen molar-refractivity contribution in [2.45, 2.75) is 24.0 Å². The summed E-state index contributed by atoms with van der Waals surface area (Å²) < 4.78 is 31.3. The highest BCUT2D eigenvalue weighted by Gasteiger charge is 2.32. The maximum atomic E-state index is 12.4. The van der Waals surface area contributed by atoms with Crippen LogP contribution in [0.4, 0.5) is 0 Å². The van der Waals surface area contributed by atoms with Gasteiger partial charge in [0.15, 0.2) is 0 Å². The zero-order valence-electron chi connectivity index (χ0n) is 10.2. The predicted molar refractivity (Wildman–Crippen MR) is 66.5 cm³/mol. The number of methoxy groups -OCH3 is 1. The van der Waals surface area contributed by atoms with Crippen LogP contribution in [0.15, 0.2) is 29.2 Å². The van der Waals surface area contributed by atoms with Crippen LogP contribution in [-0.4, -0.2) is 44.1 Å². The van der Waals surface area contributed by atoms with Crippen LogP contribution in [-0.2, 0) is 21.4 Å². The van der Waals surface area contributed by atoms with E-state index in [1.807, 2.05) is 0 Å². The standard InChI is InChI=1S/C12H17NO4S/c1-17-11-5-6-13(8-11)18(15,16)12-4-2-3-10(7-12)9-14/h2-4,7,11,14H,5-6,8-9H2,1H3. The fourth-order valence-electron chi connectivity index (χ4n) is 2.06. The van der Waals surface area contributed by atoms with Gasteiger partial charge in [0.25, 0.3) is 0 Å². The SMILES string of the molecule is COC1CCN(S(=O)(=O)c2cccc(CO)c2)C1. The molecule has 0 radical (unpaired) electrons. The first-order chi connectivity index (χ1) is 8.57. The minimum absolute atomic E-state index is 0.0270. The van der Waals surface area contributed by atoms with Gasteiger partial charge in [-0.1, -0.05) is 12.1 Å². The largest absolute Gasteiger partial charge is 0.392 e. The summed E-state index contributed by atoms with van der Waals surface area (Å²) in [6.07, 6.45) is 0.691. The lowest BCUT2D eigenvalue weighted by molar-refractivity contribution is 0.115. The number of sulfonamides is 1. The van der Waals surface area contributed by atoms with Gasteiger partial charge < -0.3 is 9.84 Å². The minimum atomic E-state index is -3.47. The van der Waals surface area contributed by atoms with Gasteiger partial charge >= 0.3 is 0 Å². The molecule has 1 N–H and O–H groups in total. The first-order valence-electron chi connectivity index (χ1n) is 5.80. The van der Waals surface area contributed by atoms with E-state index in [-0.39, 0.29) is 17.6 Å². The Bertz CT molecular complexity index is 515. The van der Waals surface area contributed by atoms with Crippen LogP contribution in [0.2, 0.25) is 0 Å². The molecule has 18 heavy (non-hydrogen) atoms. The molecule has 1 saturated heterocycles. The van der Waals surface area contributed by atoms with Crippen molar-refractivity contribution in [2.75, 3.05) is 20.2 Å². The van der Waals surface area contributed by atoms with Gasteiger partial charge in [-0.25, -0.2) is 8.42 Å². The quantitative estimate of drug-likeness (QED) is 0.870. The second-order valence-electron chi connectivity index (χ2n) is 4.31. The van der Waals surface area contributed by atoms with E-state index < -0.39 is 10.0 Å². The minimum Gasteiger partial charge on any atom is -0.392 e. The van der Waals surface area contributed by atoms with Crippen LogP contribution in [0.25, 0.3) is 0 Å². The molecule has 0 amide bonds. The first-order valence-corrected chi connectivity index (χ1v) is 7.24. The van der Waals surface area contributed by atoms with Crippen molar-refractivity contribution in [2.24, 2.45) is 0 Å². The molecule has 100 valence electrons. The normalized spacial score (nSPS) is 21.3. The zero-order valence-corrected chi connectivity index (χ0v) is 11.1. The Morgan fingerprint density at radius 3 is 2.89 bits per heavy atom. The van der Waals surface area contributed by atoms with Crippen molar-refractivity contribution in [3.8, 4) is 0 Å². The Morgan fingerprint density at radius 1 is 1.50 bits per heavy atom. The third kappa shape index (κ3) is 2.56. The van der Waals surface area contributed by atoms with Gasteiger partial charge in [0.05, 0.1) is 17.6 Å². The van der Waals surface area contributed by atoms with E-state index in [0.29, 0.717) is 18.7 Å². The summed E-state index contributed by atoms with van der Waals surface area (Å²) in [5.41, 5.74) is 0.596. The molecular formula is C12H17NO4S. The van der Waals surface area contributed by atoms with Gasteiger partial charge in [-0.3, -0.25) is 0 Å². The molecule has 1 unspecified atom stereocenters. The first kappa shape index (κ1) is 13.5. The third-order valence-corrected chi connectivity index (χ3v) is 5.02. The predicted octanol–water partition coefficient (Wildman–Crippen LogP) is 0.588. The molecule has 0 saturated carbocycles. The molecular weight excluding hydrogens is 254 g/mol. The molecule has 6 heteroatoms. The second-order valence-corrected chi connectivity index (χ2v) is 6.25. The highest BCUT2D eigenvalue weighted by atomic mass is 32.2. The van der Waals surface area contributed by atoms with Gasteiger partial charge in [0.1, 0.15) is 0 Å². The maximum absolute atomic E-state index is 12.4. The van der Waals surface area contributed by atoms with Crippen LogP contribution in [0.3, 0.4) is 0 Å². The monoisotopic (exact) mass is 271 g/mol. The van der Waals surface area contributed by atoms with Crippen molar-refractivity contribution < 1.29 is 18.3 Å². The molecule has 1 aromatic carbocycles. The van der Waals surface area contributed by atoms with Crippen molar-refractivity contribution >= 4 is 10.0 Å². The Balaban J connectivity index is 2.25. The maximum Gasteiger partial charge on any atom is 0.243 e. The van der Waals surface area contributed by atoms with E-state index in [4.69, 9.17) is 9.84 Å². The summed E-state index contributed by atoms with van der Waals surface area (Å²) in [7, 11) is -1.88. The van der Waals surface area contributed by atoms with E-state index in [0.717, 1.165) is 6.42 Å². The summed E-state index contributed by atoms with van der Waals surface area (Å²) in [4.78, 5) is 0.228. The molecule has 5 nitrogen and oxygen atoms in total. The number of aliphatic hydroxyl groups is 1. The Morgan fingerprint density at radius 2 is 2.28 bits per heavy atom. The summed E-state index contributed by atoms with van der Waals surface area (Å²) in [6.45, 7) is 0.705. The molecule has 1 aliphatic heterocycles. The van der Waals surface area contributed by atoms with Crippen LogP contribution in [0.1, 0.15) is 12.0 Å². The van der Waals surface area contributed by atoms with Crippen molar-refractivity contribution in [3.63, 3.8) is 0 Å². The average Bonchev–Trinajstić information content (AvgIpc) is 2.88. The van der Waals surface area contributed by atoms with Gasteiger partial charge in [-0.2, -0.15) is 4.31 Å². The topological polar surface area (TPSA) is 66.8 Å². The molecule has 0 bridgehead atoms. The fourth-order valence-corrected chi connectivity index (χ4v) is 3.62. The number of aliphatic hydroxyl groups excluding tert-OH is 1. The summed E-state index contributed by atoms with van der Waals surface area (Å²) >= 11 is 0. The third-order valence-electron chi connectivity index (χ3n) is 3.16. The van der Waals surface area contributed by atoms with Gasteiger partial charge in [-0.15, -0.1) is 0 Å². The van der Waals surface area contributed by atoms with Crippen molar-refractivity contribution in [1.29, 1.82) is 0 Å². The highest BCUT2D eigenvalue weighted by molar-refractivity contribution is 7.89. The van der Waals surface area contributed by atoms with Crippen LogP contribution >= 0.6 is 0 Å². The number of hydrogen-bond acceptors (Lipinski definition) is 4. The molecule has 0 aromatic heterocycles. The lowest BCUT2D eigenvalue weighted by Gasteiger charge is -2.16. The molecule has 1 fully saturated rings. The molecule has 1 atom stereocenters. The Labute approximate surface area is 107 Å². The Kier molecular flexibility index (Phi) is 4.01. The van der Waals surface area contributed by atoms with E-state index in [2.05, 4.69) is 0 Å². The second kappa shape index (κ2) is 5.36. The molecule has 0 aliphatic carbocycles. The number of rotatable bonds is 4. The molecule has 2 rings (SSSR count). The summed E-state index contributed by atoms with van der Waals surface area (Å²) in [6, 6.07) is 6.40. The smallest absolute Gasteiger partial charge is 0.243 e. The average molecular weight is 271 g/mol. The van der Waals surface area contributed by atoms with Gasteiger partial charge in [0.2, 0.25) is 10.0 Å². The molecule has 0 spiro atoms. The number of ether oxygens (including phenoxy) is 1. The summed E-state index contributed by atoms with van der Waals surface area (Å²) in [5.74, 6) is 0. The lowest BCUT2D eigenvalue weighted by atomic mass is 10.2. The van der Waals surface area contributed by atoms with Crippen LogP contribution < -0.4 is 0 Å². The van der Waals surface area contributed by atoms with Crippen LogP contribution in [0.5, 0.6) is 0 Å². The molecule has 1 aliphatic rings. The number of hydrogen-bond donors (Lipinski definition) is 1. The van der Waals surface area contributed by atoms with E-state index in [1.165, 1.54) is 10.4 Å². The fraction of sp³-hybridized carbons (Fsp3) is 0.500.